The highest BCUT2D eigenvalue weighted by molar-refractivity contribution is 7.89. The number of hydrogen-bond acceptors (Lipinski definition) is 3. The number of likely N-dealkylation sites (tertiary alicyclic amines) is 1. The third kappa shape index (κ3) is 3.12. The standard InChI is InChI=1S/C18H29N3O3S/c1-13-7-11-21(12-8-13)25(23,24)17-15(3)19(4)14(2)16(17)18(22)20-9-5-6-10-20/h13H,5-12H2,1-4H3. The minimum atomic E-state index is -3.66. The first-order valence-electron chi connectivity index (χ1n) is 9.20. The summed E-state index contributed by atoms with van der Waals surface area (Å²) in [5.74, 6) is 0.415. The molecule has 0 saturated carbocycles. The van der Waals surface area contributed by atoms with E-state index in [0.29, 0.717) is 43.4 Å². The summed E-state index contributed by atoms with van der Waals surface area (Å²) in [6.07, 6.45) is 3.73. The van der Waals surface area contributed by atoms with Gasteiger partial charge in [-0.3, -0.25) is 4.79 Å². The summed E-state index contributed by atoms with van der Waals surface area (Å²) in [6.45, 7) is 8.30. The lowest BCUT2D eigenvalue weighted by Gasteiger charge is -2.30. The molecule has 2 fully saturated rings. The van der Waals surface area contributed by atoms with E-state index in [-0.39, 0.29) is 10.8 Å². The van der Waals surface area contributed by atoms with Crippen LogP contribution in [0.1, 0.15) is 54.4 Å². The van der Waals surface area contributed by atoms with Crippen LogP contribution in [0.15, 0.2) is 4.90 Å². The van der Waals surface area contributed by atoms with Gasteiger partial charge in [0.1, 0.15) is 4.90 Å². The first kappa shape index (κ1) is 18.5. The van der Waals surface area contributed by atoms with E-state index in [1.54, 1.807) is 16.1 Å². The Hall–Kier alpha value is -1.34. The molecule has 1 aromatic rings. The van der Waals surface area contributed by atoms with Crippen LogP contribution in [0.3, 0.4) is 0 Å². The topological polar surface area (TPSA) is 62.6 Å². The predicted molar refractivity (Wildman–Crippen MR) is 97.2 cm³/mol. The van der Waals surface area contributed by atoms with E-state index >= 15 is 0 Å². The van der Waals surface area contributed by atoms with E-state index in [2.05, 4.69) is 6.92 Å². The Labute approximate surface area is 150 Å². The second-order valence-corrected chi connectivity index (χ2v) is 9.39. The molecule has 6 nitrogen and oxygen atoms in total. The Balaban J connectivity index is 2.06. The van der Waals surface area contributed by atoms with Crippen molar-refractivity contribution in [2.45, 2.75) is 51.3 Å². The minimum Gasteiger partial charge on any atom is -0.350 e. The third-order valence-corrected chi connectivity index (χ3v) is 7.93. The van der Waals surface area contributed by atoms with Crippen molar-refractivity contribution in [1.29, 1.82) is 0 Å². The van der Waals surface area contributed by atoms with Gasteiger partial charge in [-0.15, -0.1) is 0 Å². The SMILES string of the molecule is Cc1c(C(=O)N2CCCC2)c(S(=O)(=O)N2CCC(C)CC2)c(C)n1C. The lowest BCUT2D eigenvalue weighted by molar-refractivity contribution is 0.0788. The summed E-state index contributed by atoms with van der Waals surface area (Å²) in [7, 11) is -1.82. The fraction of sp³-hybridized carbons (Fsp3) is 0.722. The minimum absolute atomic E-state index is 0.136. The number of carbonyl (C=O) groups is 1. The van der Waals surface area contributed by atoms with Crippen LogP contribution in [0.4, 0.5) is 0 Å². The Morgan fingerprint density at radius 2 is 1.56 bits per heavy atom. The van der Waals surface area contributed by atoms with Crippen LogP contribution < -0.4 is 0 Å². The maximum absolute atomic E-state index is 13.4. The van der Waals surface area contributed by atoms with Gasteiger partial charge in [0.05, 0.1) is 5.56 Å². The van der Waals surface area contributed by atoms with E-state index in [9.17, 15) is 13.2 Å². The van der Waals surface area contributed by atoms with Crippen molar-refractivity contribution in [3.05, 3.63) is 17.0 Å². The highest BCUT2D eigenvalue weighted by Crippen LogP contribution is 2.32. The smallest absolute Gasteiger partial charge is 0.257 e. The number of aromatic nitrogens is 1. The van der Waals surface area contributed by atoms with Gasteiger partial charge in [-0.25, -0.2) is 8.42 Å². The Bertz CT molecular complexity index is 768. The monoisotopic (exact) mass is 367 g/mol. The molecule has 0 aliphatic carbocycles. The van der Waals surface area contributed by atoms with Crippen molar-refractivity contribution in [2.24, 2.45) is 13.0 Å². The lowest BCUT2D eigenvalue weighted by Crippen LogP contribution is -2.39. The maximum Gasteiger partial charge on any atom is 0.257 e. The number of rotatable bonds is 3. The van der Waals surface area contributed by atoms with Crippen LogP contribution >= 0.6 is 0 Å². The van der Waals surface area contributed by atoms with Gasteiger partial charge < -0.3 is 9.47 Å². The first-order chi connectivity index (χ1) is 11.7. The van der Waals surface area contributed by atoms with Crippen LogP contribution in [0.25, 0.3) is 0 Å². The summed E-state index contributed by atoms with van der Waals surface area (Å²) < 4.78 is 30.1. The number of piperidine rings is 1. The van der Waals surface area contributed by atoms with Crippen LogP contribution in [0, 0.1) is 19.8 Å². The van der Waals surface area contributed by atoms with Gasteiger partial charge in [0, 0.05) is 44.6 Å². The van der Waals surface area contributed by atoms with Crippen LogP contribution in [0.5, 0.6) is 0 Å². The molecule has 25 heavy (non-hydrogen) atoms. The van der Waals surface area contributed by atoms with E-state index in [1.807, 2.05) is 18.5 Å². The molecule has 3 rings (SSSR count). The van der Waals surface area contributed by atoms with Crippen LogP contribution in [-0.2, 0) is 17.1 Å². The zero-order chi connectivity index (χ0) is 18.4. The van der Waals surface area contributed by atoms with Crippen molar-refractivity contribution < 1.29 is 13.2 Å². The summed E-state index contributed by atoms with van der Waals surface area (Å²) in [5, 5.41) is 0. The van der Waals surface area contributed by atoms with Gasteiger partial charge in [-0.1, -0.05) is 6.92 Å². The van der Waals surface area contributed by atoms with Crippen molar-refractivity contribution in [3.8, 4) is 0 Å². The molecular formula is C18H29N3O3S. The Morgan fingerprint density at radius 1 is 1.00 bits per heavy atom. The molecule has 0 radical (unpaired) electrons. The van der Waals surface area contributed by atoms with Gasteiger partial charge in [-0.2, -0.15) is 4.31 Å². The fourth-order valence-corrected chi connectivity index (χ4v) is 5.87. The van der Waals surface area contributed by atoms with E-state index < -0.39 is 10.0 Å². The van der Waals surface area contributed by atoms with Gasteiger partial charge in [0.2, 0.25) is 10.0 Å². The third-order valence-electron chi connectivity index (χ3n) is 5.87. The van der Waals surface area contributed by atoms with Crippen molar-refractivity contribution >= 4 is 15.9 Å². The average molecular weight is 368 g/mol. The quantitative estimate of drug-likeness (QED) is 0.823. The summed E-state index contributed by atoms with van der Waals surface area (Å²) in [4.78, 5) is 15.1. The molecule has 0 aromatic carbocycles. The highest BCUT2D eigenvalue weighted by Gasteiger charge is 2.37. The molecule has 140 valence electrons. The number of sulfonamides is 1. The van der Waals surface area contributed by atoms with Gasteiger partial charge in [-0.05, 0) is 45.4 Å². The van der Waals surface area contributed by atoms with Crippen LogP contribution in [-0.4, -0.2) is 54.3 Å². The molecule has 3 heterocycles. The molecule has 0 unspecified atom stereocenters. The van der Waals surface area contributed by atoms with Gasteiger partial charge in [0.25, 0.3) is 5.91 Å². The number of hydrogen-bond donors (Lipinski definition) is 0. The van der Waals surface area contributed by atoms with Crippen LogP contribution in [0.2, 0.25) is 0 Å². The van der Waals surface area contributed by atoms with E-state index in [4.69, 9.17) is 0 Å². The second kappa shape index (κ2) is 6.76. The fourth-order valence-electron chi connectivity index (χ4n) is 3.92. The molecule has 0 N–H and O–H groups in total. The summed E-state index contributed by atoms with van der Waals surface area (Å²) >= 11 is 0. The molecule has 0 bridgehead atoms. The summed E-state index contributed by atoms with van der Waals surface area (Å²) in [5.41, 5.74) is 1.76. The zero-order valence-corrected chi connectivity index (χ0v) is 16.5. The van der Waals surface area contributed by atoms with Crippen molar-refractivity contribution in [2.75, 3.05) is 26.2 Å². The molecule has 1 aromatic heterocycles. The largest absolute Gasteiger partial charge is 0.350 e. The molecule has 2 saturated heterocycles. The molecule has 2 aliphatic heterocycles. The Morgan fingerprint density at radius 3 is 2.12 bits per heavy atom. The zero-order valence-electron chi connectivity index (χ0n) is 15.7. The van der Waals surface area contributed by atoms with Gasteiger partial charge >= 0.3 is 0 Å². The lowest BCUT2D eigenvalue weighted by atomic mass is 10.0. The molecule has 2 aliphatic rings. The predicted octanol–water partition coefficient (Wildman–Crippen LogP) is 2.30. The molecular weight excluding hydrogens is 338 g/mol. The van der Waals surface area contributed by atoms with Crippen molar-refractivity contribution in [1.82, 2.24) is 13.8 Å². The Kier molecular flexibility index (Phi) is 4.99. The first-order valence-corrected chi connectivity index (χ1v) is 10.6. The van der Waals surface area contributed by atoms with E-state index in [0.717, 1.165) is 31.4 Å². The number of nitrogens with zero attached hydrogens (tertiary/aromatic N) is 3. The maximum atomic E-state index is 13.4. The summed E-state index contributed by atoms with van der Waals surface area (Å²) in [6, 6.07) is 0. The van der Waals surface area contributed by atoms with E-state index in [1.165, 1.54) is 0 Å². The number of carbonyl (C=O) groups excluding carboxylic acids is 1. The van der Waals surface area contributed by atoms with Crippen molar-refractivity contribution in [3.63, 3.8) is 0 Å². The number of amides is 1. The molecule has 7 heteroatoms. The molecule has 0 atom stereocenters. The highest BCUT2D eigenvalue weighted by atomic mass is 32.2. The molecule has 0 spiro atoms. The molecule has 1 amide bonds. The second-order valence-electron chi connectivity index (χ2n) is 7.52. The van der Waals surface area contributed by atoms with Gasteiger partial charge in [0.15, 0.2) is 0 Å². The normalized spacial score (nSPS) is 20.4. The average Bonchev–Trinajstić information content (AvgIpc) is 3.18.